The van der Waals surface area contributed by atoms with Gasteiger partial charge in [-0.15, -0.1) is 0 Å². The molecule has 1 aliphatic rings. The average Bonchev–Trinajstić information content (AvgIpc) is 3.23. The van der Waals surface area contributed by atoms with Gasteiger partial charge in [0.1, 0.15) is 28.0 Å². The van der Waals surface area contributed by atoms with Crippen LogP contribution >= 0.6 is 11.6 Å². The zero-order valence-electron chi connectivity index (χ0n) is 19.1. The first-order valence-electron chi connectivity index (χ1n) is 10.9. The van der Waals surface area contributed by atoms with Crippen molar-refractivity contribution in [1.82, 2.24) is 24.6 Å². The minimum Gasteiger partial charge on any atom is -0.444 e. The van der Waals surface area contributed by atoms with Gasteiger partial charge >= 0.3 is 6.09 Å². The fourth-order valence-corrected chi connectivity index (χ4v) is 4.01. The maximum atomic E-state index is 13.3. The number of hydrogen-bond acceptors (Lipinski definition) is 6. The lowest BCUT2D eigenvalue weighted by Crippen LogP contribution is -2.47. The fraction of sp³-hybridized carbons (Fsp3) is 0.391. The van der Waals surface area contributed by atoms with Crippen molar-refractivity contribution in [3.8, 4) is 11.3 Å². The van der Waals surface area contributed by atoms with Crippen LogP contribution in [0.15, 0.2) is 30.5 Å². The van der Waals surface area contributed by atoms with Crippen LogP contribution in [0.1, 0.15) is 44.1 Å². The van der Waals surface area contributed by atoms with Gasteiger partial charge in [-0.05, 0) is 57.9 Å². The highest BCUT2D eigenvalue weighted by atomic mass is 35.5. The van der Waals surface area contributed by atoms with Gasteiger partial charge < -0.3 is 20.7 Å². The minimum atomic E-state index is -0.556. The number of aromatic nitrogens is 3. The van der Waals surface area contributed by atoms with E-state index in [0.717, 1.165) is 0 Å². The lowest BCUT2D eigenvalue weighted by atomic mass is 10.1. The van der Waals surface area contributed by atoms with Crippen molar-refractivity contribution in [3.63, 3.8) is 0 Å². The lowest BCUT2D eigenvalue weighted by molar-refractivity contribution is 0.0199. The molecule has 4 rings (SSSR count). The number of nitrogens with two attached hydrogens (primary N) is 1. The van der Waals surface area contributed by atoms with Crippen LogP contribution in [0, 0.1) is 5.82 Å². The number of carbonyl (C=O) groups is 2. The predicted octanol–water partition coefficient (Wildman–Crippen LogP) is 3.90. The normalized spacial score (nSPS) is 14.9. The summed E-state index contributed by atoms with van der Waals surface area (Å²) in [7, 11) is 0. The van der Waals surface area contributed by atoms with Crippen molar-refractivity contribution in [3.05, 3.63) is 47.1 Å². The number of likely N-dealkylation sites (tertiary alicyclic amines) is 1. The average molecular weight is 489 g/mol. The van der Waals surface area contributed by atoms with E-state index in [4.69, 9.17) is 22.1 Å². The van der Waals surface area contributed by atoms with Crippen molar-refractivity contribution < 1.29 is 18.7 Å². The van der Waals surface area contributed by atoms with E-state index in [1.54, 1.807) is 17.0 Å². The Bertz CT molecular complexity index is 1230. The summed E-state index contributed by atoms with van der Waals surface area (Å²) in [5.74, 6) is -0.668. The Labute approximate surface area is 201 Å². The van der Waals surface area contributed by atoms with Gasteiger partial charge in [-0.2, -0.15) is 0 Å². The molecule has 0 radical (unpaired) electrons. The number of anilines is 1. The molecule has 0 bridgehead atoms. The van der Waals surface area contributed by atoms with Gasteiger partial charge in [0.2, 0.25) is 0 Å². The Hall–Kier alpha value is -3.40. The van der Waals surface area contributed by atoms with E-state index in [1.165, 1.54) is 22.7 Å². The van der Waals surface area contributed by atoms with Gasteiger partial charge in [0.15, 0.2) is 11.5 Å². The molecule has 1 saturated heterocycles. The zero-order chi connectivity index (χ0) is 24.6. The zero-order valence-corrected chi connectivity index (χ0v) is 19.9. The molecule has 0 saturated carbocycles. The predicted molar refractivity (Wildman–Crippen MR) is 126 cm³/mol. The van der Waals surface area contributed by atoms with E-state index in [-0.39, 0.29) is 46.2 Å². The molecule has 1 fully saturated rings. The third kappa shape index (κ3) is 5.06. The van der Waals surface area contributed by atoms with E-state index >= 15 is 0 Å². The summed E-state index contributed by atoms with van der Waals surface area (Å²) in [6.45, 7) is 6.43. The van der Waals surface area contributed by atoms with Gasteiger partial charge in [-0.25, -0.2) is 19.2 Å². The third-order valence-corrected chi connectivity index (χ3v) is 5.77. The van der Waals surface area contributed by atoms with Crippen LogP contribution in [-0.2, 0) is 4.74 Å². The first-order chi connectivity index (χ1) is 16.0. The van der Waals surface area contributed by atoms with Gasteiger partial charge in [0, 0.05) is 30.9 Å². The largest absolute Gasteiger partial charge is 0.444 e. The summed E-state index contributed by atoms with van der Waals surface area (Å²) >= 11 is 6.52. The van der Waals surface area contributed by atoms with Gasteiger partial charge in [-0.1, -0.05) is 11.6 Å². The van der Waals surface area contributed by atoms with Crippen molar-refractivity contribution >= 4 is 35.1 Å². The second-order valence-electron chi connectivity index (χ2n) is 9.18. The van der Waals surface area contributed by atoms with Gasteiger partial charge in [0.05, 0.1) is 0 Å². The topological polar surface area (TPSA) is 115 Å². The molecule has 0 aliphatic carbocycles. The fourth-order valence-electron chi connectivity index (χ4n) is 3.73. The number of piperidine rings is 1. The number of imidazole rings is 1. The first kappa shape index (κ1) is 23.7. The number of halogens is 2. The molecule has 180 valence electrons. The van der Waals surface area contributed by atoms with E-state index in [9.17, 15) is 14.0 Å². The number of nitrogens with one attached hydrogen (secondary N) is 1. The second-order valence-corrected chi connectivity index (χ2v) is 9.54. The maximum Gasteiger partial charge on any atom is 0.410 e. The van der Waals surface area contributed by atoms with E-state index in [0.29, 0.717) is 37.2 Å². The Morgan fingerprint density at radius 3 is 2.44 bits per heavy atom. The van der Waals surface area contributed by atoms with Gasteiger partial charge in [0.25, 0.3) is 5.91 Å². The summed E-state index contributed by atoms with van der Waals surface area (Å²) in [6.07, 6.45) is 2.33. The van der Waals surface area contributed by atoms with E-state index in [1.807, 2.05) is 20.8 Å². The van der Waals surface area contributed by atoms with Crippen LogP contribution < -0.4 is 11.1 Å². The Balaban J connectivity index is 1.46. The van der Waals surface area contributed by atoms with Gasteiger partial charge in [-0.3, -0.25) is 9.20 Å². The third-order valence-electron chi connectivity index (χ3n) is 5.41. The van der Waals surface area contributed by atoms with E-state index in [2.05, 4.69) is 15.3 Å². The van der Waals surface area contributed by atoms with Crippen LogP contribution in [0.3, 0.4) is 0 Å². The quantitative estimate of drug-likeness (QED) is 0.577. The van der Waals surface area contributed by atoms with E-state index < -0.39 is 5.60 Å². The smallest absolute Gasteiger partial charge is 0.410 e. The Morgan fingerprint density at radius 2 is 1.82 bits per heavy atom. The molecular weight excluding hydrogens is 463 g/mol. The molecule has 34 heavy (non-hydrogen) atoms. The van der Waals surface area contributed by atoms with Crippen LogP contribution in [0.2, 0.25) is 5.15 Å². The molecule has 1 aromatic carbocycles. The molecular formula is C23H26ClFN6O3. The number of nitrogen functional groups attached to an aromatic ring is 1. The number of amides is 2. The highest BCUT2D eigenvalue weighted by Gasteiger charge is 2.28. The summed E-state index contributed by atoms with van der Waals surface area (Å²) in [5, 5.41) is 3.16. The van der Waals surface area contributed by atoms with Crippen LogP contribution in [0.25, 0.3) is 16.9 Å². The number of rotatable bonds is 3. The summed E-state index contributed by atoms with van der Waals surface area (Å²) in [4.78, 5) is 35.3. The SMILES string of the molecule is CC(C)(C)OC(=O)N1CCC(NC(=O)c2cn3c(Cl)c(-c4ccc(F)cc4)nc(N)c3n2)CC1. The van der Waals surface area contributed by atoms with Crippen molar-refractivity contribution in [2.75, 3.05) is 18.8 Å². The minimum absolute atomic E-state index is 0.0912. The number of hydrogen-bond donors (Lipinski definition) is 2. The molecule has 9 nitrogen and oxygen atoms in total. The van der Waals surface area contributed by atoms with Crippen molar-refractivity contribution in [2.24, 2.45) is 0 Å². The summed E-state index contributed by atoms with van der Waals surface area (Å²) in [5.41, 5.74) is 6.84. The molecule has 0 spiro atoms. The van der Waals surface area contributed by atoms with Crippen LogP contribution in [0.5, 0.6) is 0 Å². The molecule has 3 heterocycles. The molecule has 2 amide bonds. The van der Waals surface area contributed by atoms with Crippen LogP contribution in [0.4, 0.5) is 15.0 Å². The molecule has 1 aliphatic heterocycles. The first-order valence-corrected chi connectivity index (χ1v) is 11.3. The molecule has 0 unspecified atom stereocenters. The lowest BCUT2D eigenvalue weighted by Gasteiger charge is -2.33. The van der Waals surface area contributed by atoms with Crippen molar-refractivity contribution in [2.45, 2.75) is 45.3 Å². The Kier molecular flexibility index (Phi) is 6.35. The molecule has 11 heteroatoms. The highest BCUT2D eigenvalue weighted by Crippen LogP contribution is 2.29. The summed E-state index contributed by atoms with van der Waals surface area (Å²) in [6, 6.07) is 5.58. The molecule has 2 aromatic heterocycles. The van der Waals surface area contributed by atoms with Crippen LogP contribution in [-0.4, -0.2) is 56.0 Å². The number of nitrogens with zero attached hydrogens (tertiary/aromatic N) is 4. The Morgan fingerprint density at radius 1 is 1.18 bits per heavy atom. The maximum absolute atomic E-state index is 13.3. The molecule has 0 atom stereocenters. The highest BCUT2D eigenvalue weighted by molar-refractivity contribution is 6.32. The second kappa shape index (κ2) is 9.09. The summed E-state index contributed by atoms with van der Waals surface area (Å²) < 4.78 is 20.2. The standard InChI is InChI=1S/C23H26ClFN6O3/c1-23(2,3)34-22(33)30-10-8-15(9-11-30)27-21(32)16-12-31-18(24)17(29-19(26)20(31)28-16)13-4-6-14(25)7-5-13/h4-7,12,15H,8-11H2,1-3H3,(H2,26,29)(H,27,32). The number of carbonyl (C=O) groups excluding carboxylic acids is 2. The number of ether oxygens (including phenoxy) is 1. The number of benzene rings is 1. The molecule has 3 aromatic rings. The monoisotopic (exact) mass is 488 g/mol. The molecule has 3 N–H and O–H groups in total. The van der Waals surface area contributed by atoms with Crippen molar-refractivity contribution in [1.29, 1.82) is 0 Å². The number of fused-ring (bicyclic) bond motifs is 1.